The molecule has 238 valence electrons. The monoisotopic (exact) mass is 634 g/mol. The Morgan fingerprint density at radius 3 is 1.89 bits per heavy atom. The number of nitrogens with one attached hydrogen (secondary N) is 4. The Balaban J connectivity index is 1.33. The van der Waals surface area contributed by atoms with Crippen LogP contribution in [-0.2, 0) is 33.8 Å². The fraction of sp³-hybridized carbons (Fsp3) is 0.312. The van der Waals surface area contributed by atoms with Gasteiger partial charge in [-0.3, -0.25) is 4.79 Å². The van der Waals surface area contributed by atoms with Gasteiger partial charge in [-0.15, -0.1) is 0 Å². The van der Waals surface area contributed by atoms with Crippen LogP contribution in [0.2, 0.25) is 5.02 Å². The van der Waals surface area contributed by atoms with Gasteiger partial charge in [-0.25, -0.2) is 0 Å². The van der Waals surface area contributed by atoms with Gasteiger partial charge in [0.05, 0.1) is 40.0 Å². The van der Waals surface area contributed by atoms with Crippen LogP contribution in [0.25, 0.3) is 0 Å². The van der Waals surface area contributed by atoms with Crippen LogP contribution in [0, 0.1) is 0 Å². The van der Waals surface area contributed by atoms with Gasteiger partial charge in [-0.05, 0) is 53.1 Å². The van der Waals surface area contributed by atoms with Crippen LogP contribution in [0.5, 0.6) is 5.75 Å². The van der Waals surface area contributed by atoms with Gasteiger partial charge in [0.15, 0.2) is 0 Å². The Kier molecular flexibility index (Phi) is 13.6. The van der Waals surface area contributed by atoms with E-state index in [2.05, 4.69) is 36.2 Å². The number of aromatic nitrogens is 3. The average molecular weight is 635 g/mol. The largest absolute Gasteiger partial charge is 0.497 e. The molecule has 6 N–H and O–H groups in total. The highest BCUT2D eigenvalue weighted by Crippen LogP contribution is 2.19. The van der Waals surface area contributed by atoms with Crippen molar-refractivity contribution in [3.05, 3.63) is 94.5 Å². The molecule has 0 aliphatic heterocycles. The number of halogens is 1. The molecule has 0 aliphatic carbocycles. The van der Waals surface area contributed by atoms with Gasteiger partial charge in [0.2, 0.25) is 23.8 Å². The number of carbonyl (C=O) groups is 1. The lowest BCUT2D eigenvalue weighted by atomic mass is 10.1. The predicted octanol–water partition coefficient (Wildman–Crippen LogP) is 4.15. The number of amides is 1. The Bertz CT molecular complexity index is 1460. The minimum atomic E-state index is -0.0832. The van der Waals surface area contributed by atoms with E-state index in [1.807, 2.05) is 72.8 Å². The second-order valence-electron chi connectivity index (χ2n) is 9.85. The molecular formula is C32H39ClN8O4. The molecule has 0 aliphatic rings. The van der Waals surface area contributed by atoms with Gasteiger partial charge in [0.1, 0.15) is 5.75 Å². The molecule has 1 heterocycles. The minimum Gasteiger partial charge on any atom is -0.497 e. The second kappa shape index (κ2) is 18.3. The molecule has 4 rings (SSSR count). The van der Waals surface area contributed by atoms with E-state index >= 15 is 0 Å². The number of methoxy groups -OCH3 is 1. The van der Waals surface area contributed by atoms with Crippen LogP contribution in [-0.4, -0.2) is 67.5 Å². The number of rotatable bonds is 19. The topological polar surface area (TPSA) is 158 Å². The van der Waals surface area contributed by atoms with Gasteiger partial charge < -0.3 is 41.2 Å². The summed E-state index contributed by atoms with van der Waals surface area (Å²) in [6.07, 6.45) is 0.254. The molecule has 0 unspecified atom stereocenters. The summed E-state index contributed by atoms with van der Waals surface area (Å²) in [6, 6.07) is 22.8. The normalized spacial score (nSPS) is 10.7. The summed E-state index contributed by atoms with van der Waals surface area (Å²) in [5.41, 5.74) is 9.08. The Morgan fingerprint density at radius 2 is 1.29 bits per heavy atom. The SMILES string of the molecule is COc1ccc(CNc2nc(NCc3ccc(Cl)cc3)nc(Nc3ccc(CC(=O)NCCOCCOCCN)cc3)n2)cc1. The fourth-order valence-corrected chi connectivity index (χ4v) is 4.17. The maximum atomic E-state index is 12.3. The molecule has 4 aromatic rings. The van der Waals surface area contributed by atoms with Crippen molar-refractivity contribution >= 4 is 41.0 Å². The number of ether oxygens (including phenoxy) is 3. The van der Waals surface area contributed by atoms with Gasteiger partial charge >= 0.3 is 0 Å². The second-order valence-corrected chi connectivity index (χ2v) is 10.3. The number of hydrogen-bond donors (Lipinski definition) is 5. The molecule has 1 aromatic heterocycles. The molecule has 0 atom stereocenters. The van der Waals surface area contributed by atoms with Crippen molar-refractivity contribution in [2.24, 2.45) is 5.73 Å². The quantitative estimate of drug-likeness (QED) is 0.0944. The maximum Gasteiger partial charge on any atom is 0.233 e. The van der Waals surface area contributed by atoms with Gasteiger partial charge in [-0.2, -0.15) is 15.0 Å². The molecule has 0 saturated carbocycles. The zero-order chi connectivity index (χ0) is 31.7. The lowest BCUT2D eigenvalue weighted by Crippen LogP contribution is -2.29. The highest BCUT2D eigenvalue weighted by Gasteiger charge is 2.09. The molecule has 0 spiro atoms. The van der Waals surface area contributed by atoms with Crippen molar-refractivity contribution in [1.82, 2.24) is 20.3 Å². The van der Waals surface area contributed by atoms with Gasteiger partial charge in [-0.1, -0.05) is 48.0 Å². The fourth-order valence-electron chi connectivity index (χ4n) is 4.05. The third-order valence-corrected chi connectivity index (χ3v) is 6.64. The minimum absolute atomic E-state index is 0.0832. The zero-order valence-electron chi connectivity index (χ0n) is 25.2. The summed E-state index contributed by atoms with van der Waals surface area (Å²) < 4.78 is 15.9. The molecule has 0 radical (unpaired) electrons. The van der Waals surface area contributed by atoms with Gasteiger partial charge in [0, 0.05) is 36.9 Å². The summed E-state index contributed by atoms with van der Waals surface area (Å²) in [6.45, 7) is 3.81. The number of benzene rings is 3. The van der Waals surface area contributed by atoms with Crippen LogP contribution in [0.1, 0.15) is 16.7 Å². The average Bonchev–Trinajstić information content (AvgIpc) is 3.06. The molecule has 0 saturated heterocycles. The van der Waals surface area contributed by atoms with Crippen molar-refractivity contribution in [2.45, 2.75) is 19.5 Å². The van der Waals surface area contributed by atoms with E-state index in [0.29, 0.717) is 75.5 Å². The van der Waals surface area contributed by atoms with Crippen molar-refractivity contribution in [2.75, 3.05) is 62.6 Å². The zero-order valence-corrected chi connectivity index (χ0v) is 26.0. The van der Waals surface area contributed by atoms with Crippen LogP contribution in [0.3, 0.4) is 0 Å². The Hall–Kier alpha value is -4.49. The number of anilines is 4. The van der Waals surface area contributed by atoms with Crippen molar-refractivity contribution in [3.63, 3.8) is 0 Å². The van der Waals surface area contributed by atoms with Crippen molar-refractivity contribution < 1.29 is 19.0 Å². The number of hydrogen-bond acceptors (Lipinski definition) is 11. The standard InChI is InChI=1S/C32H39ClN8O4/c1-43-28-12-6-25(7-13-28)22-37-31-39-30(36-21-24-2-8-26(33)9-3-24)40-32(41-31)38-27-10-4-23(5-11-27)20-29(42)35-15-17-45-19-18-44-16-14-34/h2-13H,14-22,34H2,1H3,(H,35,42)(H3,36,37,38,39,40,41). The molecule has 12 nitrogen and oxygen atoms in total. The molecule has 3 aromatic carbocycles. The number of nitrogens with zero attached hydrogens (tertiary/aromatic N) is 3. The summed E-state index contributed by atoms with van der Waals surface area (Å²) in [5, 5.41) is 13.3. The molecule has 45 heavy (non-hydrogen) atoms. The first-order chi connectivity index (χ1) is 22.0. The van der Waals surface area contributed by atoms with E-state index in [1.54, 1.807) is 7.11 Å². The van der Waals surface area contributed by atoms with E-state index in [0.717, 1.165) is 28.1 Å². The van der Waals surface area contributed by atoms with Crippen LogP contribution >= 0.6 is 11.6 Å². The molecular weight excluding hydrogens is 596 g/mol. The summed E-state index contributed by atoms with van der Waals surface area (Å²) in [5.74, 6) is 1.87. The highest BCUT2D eigenvalue weighted by molar-refractivity contribution is 6.30. The summed E-state index contributed by atoms with van der Waals surface area (Å²) in [4.78, 5) is 26.0. The highest BCUT2D eigenvalue weighted by atomic mass is 35.5. The van der Waals surface area contributed by atoms with E-state index in [-0.39, 0.29) is 12.3 Å². The van der Waals surface area contributed by atoms with E-state index in [1.165, 1.54) is 0 Å². The predicted molar refractivity (Wildman–Crippen MR) is 176 cm³/mol. The first-order valence-electron chi connectivity index (χ1n) is 14.6. The van der Waals surface area contributed by atoms with E-state index in [4.69, 9.17) is 31.5 Å². The maximum absolute atomic E-state index is 12.3. The molecule has 13 heteroatoms. The van der Waals surface area contributed by atoms with Crippen LogP contribution < -0.4 is 31.7 Å². The van der Waals surface area contributed by atoms with Crippen molar-refractivity contribution in [1.29, 1.82) is 0 Å². The van der Waals surface area contributed by atoms with Crippen LogP contribution in [0.4, 0.5) is 23.5 Å². The molecule has 0 bridgehead atoms. The third kappa shape index (κ3) is 12.2. The first kappa shape index (κ1) is 33.4. The lowest BCUT2D eigenvalue weighted by Gasteiger charge is -2.12. The smallest absolute Gasteiger partial charge is 0.233 e. The number of nitrogens with two attached hydrogens (primary N) is 1. The molecule has 1 amide bonds. The summed E-state index contributed by atoms with van der Waals surface area (Å²) in [7, 11) is 1.64. The first-order valence-corrected chi connectivity index (χ1v) is 15.0. The summed E-state index contributed by atoms with van der Waals surface area (Å²) >= 11 is 6.02. The van der Waals surface area contributed by atoms with Crippen LogP contribution in [0.15, 0.2) is 72.8 Å². The van der Waals surface area contributed by atoms with Gasteiger partial charge in [0.25, 0.3) is 0 Å². The van der Waals surface area contributed by atoms with Crippen molar-refractivity contribution in [3.8, 4) is 5.75 Å². The third-order valence-electron chi connectivity index (χ3n) is 6.39. The number of carbonyl (C=O) groups excluding carboxylic acids is 1. The van der Waals surface area contributed by atoms with E-state index < -0.39 is 0 Å². The van der Waals surface area contributed by atoms with E-state index in [9.17, 15) is 4.79 Å². The lowest BCUT2D eigenvalue weighted by molar-refractivity contribution is -0.120. The Labute approximate surface area is 268 Å². The Morgan fingerprint density at radius 1 is 0.733 bits per heavy atom. The molecule has 0 fully saturated rings.